The Morgan fingerprint density at radius 1 is 1.32 bits per heavy atom. The summed E-state index contributed by atoms with van der Waals surface area (Å²) < 4.78 is 31.4. The molecule has 1 aromatic heterocycles. The monoisotopic (exact) mass is 431 g/mol. The van der Waals surface area contributed by atoms with Crippen LogP contribution in [0, 0.1) is 5.92 Å². The van der Waals surface area contributed by atoms with Gasteiger partial charge in [0.1, 0.15) is 9.81 Å². The van der Waals surface area contributed by atoms with E-state index in [-0.39, 0.29) is 22.6 Å². The number of alkyl carbamates (subject to hydrolysis) is 1. The number of piperidine rings is 1. The van der Waals surface area contributed by atoms with Crippen LogP contribution in [0.15, 0.2) is 21.7 Å². The van der Waals surface area contributed by atoms with Crippen LogP contribution in [0.25, 0.3) is 0 Å². The number of hydrogen-bond donors (Lipinski definition) is 1. The molecule has 1 aliphatic heterocycles. The van der Waals surface area contributed by atoms with E-state index in [4.69, 9.17) is 4.74 Å². The number of sulfonamides is 1. The second kappa shape index (κ2) is 9.23. The normalized spacial score (nSPS) is 16.2. The van der Waals surface area contributed by atoms with E-state index in [9.17, 15) is 18.0 Å². The van der Waals surface area contributed by atoms with E-state index in [0.29, 0.717) is 19.6 Å². The lowest BCUT2D eigenvalue weighted by molar-refractivity contribution is -0.132. The fourth-order valence-electron chi connectivity index (χ4n) is 2.87. The van der Waals surface area contributed by atoms with Crippen LogP contribution in [0.1, 0.15) is 33.6 Å². The highest BCUT2D eigenvalue weighted by Gasteiger charge is 2.28. The molecular formula is C18H29N3O5S2. The van der Waals surface area contributed by atoms with Gasteiger partial charge in [0.2, 0.25) is 5.91 Å². The van der Waals surface area contributed by atoms with E-state index in [1.165, 1.54) is 13.1 Å². The van der Waals surface area contributed by atoms with Gasteiger partial charge in [0.25, 0.3) is 10.0 Å². The molecule has 2 rings (SSSR count). The zero-order chi connectivity index (χ0) is 20.9. The first-order valence-electron chi connectivity index (χ1n) is 9.23. The Labute approximate surface area is 170 Å². The van der Waals surface area contributed by atoms with E-state index < -0.39 is 21.7 Å². The van der Waals surface area contributed by atoms with Crippen LogP contribution in [-0.4, -0.2) is 68.5 Å². The minimum atomic E-state index is -3.63. The van der Waals surface area contributed by atoms with Crippen molar-refractivity contribution in [2.24, 2.45) is 5.92 Å². The summed E-state index contributed by atoms with van der Waals surface area (Å²) in [5, 5.41) is 4.46. The number of rotatable bonds is 6. The Balaban J connectivity index is 1.77. The SMILES string of the molecule is CN(CC(=O)N1CCC(CNC(=O)OC(C)(C)C)CC1)S(=O)(=O)c1cccs1. The molecule has 0 radical (unpaired) electrons. The molecule has 0 saturated carbocycles. The summed E-state index contributed by atoms with van der Waals surface area (Å²) >= 11 is 1.13. The van der Waals surface area contributed by atoms with Crippen molar-refractivity contribution < 1.29 is 22.7 Å². The van der Waals surface area contributed by atoms with Crippen LogP contribution in [-0.2, 0) is 19.6 Å². The number of thiophene rings is 1. The van der Waals surface area contributed by atoms with Gasteiger partial charge < -0.3 is 15.0 Å². The molecule has 10 heteroatoms. The van der Waals surface area contributed by atoms with Crippen molar-refractivity contribution >= 4 is 33.4 Å². The predicted molar refractivity (Wildman–Crippen MR) is 108 cm³/mol. The summed E-state index contributed by atoms with van der Waals surface area (Å²) in [6.45, 7) is 6.86. The molecule has 1 fully saturated rings. The standard InChI is InChI=1S/C18H29N3O5S2/c1-18(2,3)26-17(23)19-12-14-7-9-21(10-8-14)15(22)13-20(4)28(24,25)16-6-5-11-27-16/h5-6,11,14H,7-10,12-13H2,1-4H3,(H,19,23). The van der Waals surface area contributed by atoms with Crippen molar-refractivity contribution in [2.45, 2.75) is 43.4 Å². The molecule has 0 bridgehead atoms. The van der Waals surface area contributed by atoms with Crippen molar-refractivity contribution in [1.82, 2.24) is 14.5 Å². The van der Waals surface area contributed by atoms with E-state index in [0.717, 1.165) is 28.5 Å². The summed E-state index contributed by atoms with van der Waals surface area (Å²) in [7, 11) is -2.21. The highest BCUT2D eigenvalue weighted by Crippen LogP contribution is 2.21. The molecule has 158 valence electrons. The molecule has 0 aromatic carbocycles. The summed E-state index contributed by atoms with van der Waals surface area (Å²) in [5.74, 6) is 0.0605. The fraction of sp³-hybridized carbons (Fsp3) is 0.667. The van der Waals surface area contributed by atoms with Gasteiger partial charge in [-0.1, -0.05) is 6.07 Å². The smallest absolute Gasteiger partial charge is 0.407 e. The van der Waals surface area contributed by atoms with E-state index in [2.05, 4.69) is 5.32 Å². The average molecular weight is 432 g/mol. The maximum Gasteiger partial charge on any atom is 0.407 e. The van der Waals surface area contributed by atoms with Gasteiger partial charge >= 0.3 is 6.09 Å². The quantitative estimate of drug-likeness (QED) is 0.744. The van der Waals surface area contributed by atoms with Gasteiger partial charge in [-0.3, -0.25) is 4.79 Å². The van der Waals surface area contributed by atoms with Crippen molar-refractivity contribution in [3.05, 3.63) is 17.5 Å². The van der Waals surface area contributed by atoms with Gasteiger partial charge in [-0.25, -0.2) is 13.2 Å². The van der Waals surface area contributed by atoms with Crippen molar-refractivity contribution in [3.63, 3.8) is 0 Å². The van der Waals surface area contributed by atoms with Crippen LogP contribution >= 0.6 is 11.3 Å². The summed E-state index contributed by atoms with van der Waals surface area (Å²) in [6.07, 6.45) is 1.07. The lowest BCUT2D eigenvalue weighted by Crippen LogP contribution is -2.46. The zero-order valence-electron chi connectivity index (χ0n) is 16.8. The van der Waals surface area contributed by atoms with Crippen LogP contribution < -0.4 is 5.32 Å². The Hall–Kier alpha value is -1.65. The number of ether oxygens (including phenoxy) is 1. The molecule has 8 nitrogen and oxygen atoms in total. The molecular weight excluding hydrogens is 402 g/mol. The van der Waals surface area contributed by atoms with Crippen LogP contribution in [0.2, 0.25) is 0 Å². The molecule has 0 aliphatic carbocycles. The molecule has 0 spiro atoms. The third kappa shape index (κ3) is 6.46. The van der Waals surface area contributed by atoms with Crippen molar-refractivity contribution in [1.29, 1.82) is 0 Å². The van der Waals surface area contributed by atoms with Gasteiger partial charge in [0, 0.05) is 26.7 Å². The van der Waals surface area contributed by atoms with Crippen molar-refractivity contribution in [2.75, 3.05) is 33.2 Å². The maximum atomic E-state index is 12.5. The molecule has 1 N–H and O–H groups in total. The number of hydrogen-bond acceptors (Lipinski definition) is 6. The minimum absolute atomic E-state index is 0.180. The first kappa shape index (κ1) is 22.6. The molecule has 28 heavy (non-hydrogen) atoms. The second-order valence-electron chi connectivity index (χ2n) is 7.90. The van der Waals surface area contributed by atoms with Gasteiger partial charge in [-0.2, -0.15) is 4.31 Å². The fourth-order valence-corrected chi connectivity index (χ4v) is 5.19. The summed E-state index contributed by atoms with van der Waals surface area (Å²) in [6, 6.07) is 3.20. The van der Waals surface area contributed by atoms with Gasteiger partial charge in [0.05, 0.1) is 6.54 Å². The number of likely N-dealkylation sites (N-methyl/N-ethyl adjacent to an activating group) is 1. The largest absolute Gasteiger partial charge is 0.444 e. The Kier molecular flexibility index (Phi) is 7.46. The lowest BCUT2D eigenvalue weighted by atomic mass is 9.97. The minimum Gasteiger partial charge on any atom is -0.444 e. The maximum absolute atomic E-state index is 12.5. The van der Waals surface area contributed by atoms with E-state index in [1.807, 2.05) is 20.8 Å². The summed E-state index contributed by atoms with van der Waals surface area (Å²) in [4.78, 5) is 25.9. The van der Waals surface area contributed by atoms with Crippen LogP contribution in [0.4, 0.5) is 4.79 Å². The highest BCUT2D eigenvalue weighted by molar-refractivity contribution is 7.91. The predicted octanol–water partition coefficient (Wildman–Crippen LogP) is 2.13. The van der Waals surface area contributed by atoms with E-state index in [1.54, 1.807) is 16.3 Å². The summed E-state index contributed by atoms with van der Waals surface area (Å²) in [5.41, 5.74) is -0.532. The molecule has 2 amide bonds. The molecule has 1 aromatic rings. The Bertz CT molecular complexity index is 764. The Morgan fingerprint density at radius 2 is 1.96 bits per heavy atom. The van der Waals surface area contributed by atoms with Gasteiger partial charge in [0.15, 0.2) is 0 Å². The first-order chi connectivity index (χ1) is 13.0. The van der Waals surface area contributed by atoms with Crippen molar-refractivity contribution in [3.8, 4) is 0 Å². The Morgan fingerprint density at radius 3 is 2.50 bits per heavy atom. The molecule has 0 atom stereocenters. The highest BCUT2D eigenvalue weighted by atomic mass is 32.2. The van der Waals surface area contributed by atoms with Crippen LogP contribution in [0.3, 0.4) is 0 Å². The molecule has 2 heterocycles. The average Bonchev–Trinajstić information content (AvgIpc) is 3.14. The molecule has 1 saturated heterocycles. The zero-order valence-corrected chi connectivity index (χ0v) is 18.4. The molecule has 0 unspecified atom stereocenters. The lowest BCUT2D eigenvalue weighted by Gasteiger charge is -2.33. The van der Waals surface area contributed by atoms with Gasteiger partial charge in [-0.05, 0) is 51.0 Å². The number of carbonyl (C=O) groups excluding carboxylic acids is 2. The first-order valence-corrected chi connectivity index (χ1v) is 11.6. The number of nitrogens with one attached hydrogen (secondary N) is 1. The number of amides is 2. The van der Waals surface area contributed by atoms with Gasteiger partial charge in [-0.15, -0.1) is 11.3 Å². The molecule has 1 aliphatic rings. The number of nitrogens with zero attached hydrogens (tertiary/aromatic N) is 2. The third-order valence-corrected chi connectivity index (χ3v) is 7.60. The third-order valence-electron chi connectivity index (χ3n) is 4.42. The second-order valence-corrected chi connectivity index (χ2v) is 11.1. The number of likely N-dealkylation sites (tertiary alicyclic amines) is 1. The topological polar surface area (TPSA) is 96.0 Å². The van der Waals surface area contributed by atoms with E-state index >= 15 is 0 Å². The van der Waals surface area contributed by atoms with Crippen LogP contribution in [0.5, 0.6) is 0 Å². The number of carbonyl (C=O) groups is 2.